The van der Waals surface area contributed by atoms with E-state index in [0.717, 1.165) is 5.56 Å². The molecular weight excluding hydrogens is 276 g/mol. The van der Waals surface area contributed by atoms with E-state index >= 15 is 0 Å². The van der Waals surface area contributed by atoms with E-state index in [2.05, 4.69) is 19.9 Å². The van der Waals surface area contributed by atoms with Crippen LogP contribution in [0, 0.1) is 0 Å². The molecule has 0 amide bonds. The molecule has 2 aromatic heterocycles. The number of ether oxygens (including phenoxy) is 2. The summed E-state index contributed by atoms with van der Waals surface area (Å²) in [5.41, 5.74) is 0.261. The molecule has 0 bridgehead atoms. The highest BCUT2D eigenvalue weighted by molar-refractivity contribution is 5.73. The summed E-state index contributed by atoms with van der Waals surface area (Å²) in [6.07, 6.45) is 1.48. The zero-order valence-electron chi connectivity index (χ0n) is 10.5. The van der Waals surface area contributed by atoms with E-state index in [1.807, 2.05) is 0 Å². The molecule has 104 valence electrons. The molecule has 8 heteroatoms. The summed E-state index contributed by atoms with van der Waals surface area (Å²) < 4.78 is 10.5. The Labute approximate surface area is 116 Å². The van der Waals surface area contributed by atoms with Gasteiger partial charge in [0.2, 0.25) is 6.79 Å². The molecule has 8 nitrogen and oxygen atoms in total. The zero-order valence-corrected chi connectivity index (χ0v) is 10.5. The maximum atomic E-state index is 11.7. The number of hydrogen-bond donors (Lipinski definition) is 2. The summed E-state index contributed by atoms with van der Waals surface area (Å²) in [5, 5.41) is 0. The molecule has 0 radical (unpaired) electrons. The van der Waals surface area contributed by atoms with Crippen molar-refractivity contribution in [3.05, 3.63) is 45.2 Å². The Bertz CT molecular complexity index is 976. The lowest BCUT2D eigenvalue weighted by Crippen LogP contribution is -2.23. The van der Waals surface area contributed by atoms with Gasteiger partial charge in [0.1, 0.15) is 0 Å². The van der Waals surface area contributed by atoms with Crippen LogP contribution in [-0.4, -0.2) is 26.7 Å². The van der Waals surface area contributed by atoms with Crippen molar-refractivity contribution in [2.75, 3.05) is 6.79 Å². The smallest absolute Gasteiger partial charge is 0.327 e. The van der Waals surface area contributed by atoms with E-state index in [1.165, 1.54) is 6.20 Å². The molecule has 3 heterocycles. The van der Waals surface area contributed by atoms with E-state index in [9.17, 15) is 9.59 Å². The fourth-order valence-electron chi connectivity index (χ4n) is 2.13. The predicted octanol–water partition coefficient (Wildman–Crippen LogP) is 0.402. The molecule has 21 heavy (non-hydrogen) atoms. The average molecular weight is 284 g/mol. The Balaban J connectivity index is 1.91. The summed E-state index contributed by atoms with van der Waals surface area (Å²) in [7, 11) is 0. The molecule has 0 saturated heterocycles. The third-order valence-corrected chi connectivity index (χ3v) is 3.11. The van der Waals surface area contributed by atoms with Crippen molar-refractivity contribution < 1.29 is 9.47 Å². The number of nitrogens with one attached hydrogen (secondary N) is 2. The summed E-state index contributed by atoms with van der Waals surface area (Å²) in [6.45, 7) is 0.184. The molecule has 1 aliphatic rings. The number of nitrogens with zero attached hydrogens (tertiary/aromatic N) is 2. The molecular formula is C13H8N4O4. The van der Waals surface area contributed by atoms with Gasteiger partial charge in [0.05, 0.1) is 11.9 Å². The van der Waals surface area contributed by atoms with E-state index in [4.69, 9.17) is 9.47 Å². The SMILES string of the molecule is O=c1[nH]c(=O)c2nc(-c3ccc4c(c3)OCO4)cnc2[nH]1. The number of benzene rings is 1. The number of aromatic nitrogens is 4. The molecule has 0 saturated carbocycles. The van der Waals surface area contributed by atoms with Crippen molar-refractivity contribution in [2.45, 2.75) is 0 Å². The first-order valence-corrected chi connectivity index (χ1v) is 6.10. The van der Waals surface area contributed by atoms with E-state index in [0.29, 0.717) is 17.2 Å². The Morgan fingerprint density at radius 1 is 1.10 bits per heavy atom. The van der Waals surface area contributed by atoms with E-state index in [-0.39, 0.29) is 18.0 Å². The molecule has 1 aliphatic heterocycles. The normalized spacial score (nSPS) is 12.8. The van der Waals surface area contributed by atoms with Crippen LogP contribution in [0.2, 0.25) is 0 Å². The van der Waals surface area contributed by atoms with Crippen LogP contribution in [0.25, 0.3) is 22.4 Å². The fraction of sp³-hybridized carbons (Fsp3) is 0.0769. The number of rotatable bonds is 1. The minimum absolute atomic E-state index is 0.0739. The second-order valence-corrected chi connectivity index (χ2v) is 4.43. The highest BCUT2D eigenvalue weighted by atomic mass is 16.7. The van der Waals surface area contributed by atoms with Gasteiger partial charge in [-0.25, -0.2) is 14.8 Å². The minimum atomic E-state index is -0.613. The second-order valence-electron chi connectivity index (χ2n) is 4.43. The van der Waals surface area contributed by atoms with Crippen molar-refractivity contribution in [2.24, 2.45) is 0 Å². The van der Waals surface area contributed by atoms with Crippen molar-refractivity contribution in [3.63, 3.8) is 0 Å². The molecule has 0 unspecified atom stereocenters. The van der Waals surface area contributed by atoms with Crippen LogP contribution >= 0.6 is 0 Å². The first kappa shape index (κ1) is 11.6. The van der Waals surface area contributed by atoms with Crippen LogP contribution in [0.1, 0.15) is 0 Å². The monoisotopic (exact) mass is 284 g/mol. The van der Waals surface area contributed by atoms with Gasteiger partial charge in [-0.05, 0) is 18.2 Å². The van der Waals surface area contributed by atoms with Crippen LogP contribution in [0.4, 0.5) is 0 Å². The van der Waals surface area contributed by atoms with Crippen molar-refractivity contribution in [1.29, 1.82) is 0 Å². The van der Waals surface area contributed by atoms with E-state index in [1.54, 1.807) is 18.2 Å². The van der Waals surface area contributed by atoms with Gasteiger partial charge >= 0.3 is 5.69 Å². The van der Waals surface area contributed by atoms with Gasteiger partial charge in [-0.1, -0.05) is 0 Å². The van der Waals surface area contributed by atoms with Gasteiger partial charge in [0, 0.05) is 5.56 Å². The molecule has 0 aliphatic carbocycles. The van der Waals surface area contributed by atoms with E-state index < -0.39 is 11.2 Å². The lowest BCUT2D eigenvalue weighted by atomic mass is 10.1. The highest BCUT2D eigenvalue weighted by Gasteiger charge is 2.15. The third kappa shape index (κ3) is 1.84. The number of H-pyrrole nitrogens is 2. The zero-order chi connectivity index (χ0) is 14.4. The molecule has 0 spiro atoms. The molecule has 3 aromatic rings. The van der Waals surface area contributed by atoms with Gasteiger partial charge in [0.15, 0.2) is 22.7 Å². The van der Waals surface area contributed by atoms with Gasteiger partial charge in [-0.3, -0.25) is 14.8 Å². The second kappa shape index (κ2) is 4.17. The summed E-state index contributed by atoms with van der Waals surface area (Å²) in [6, 6.07) is 5.32. The van der Waals surface area contributed by atoms with Gasteiger partial charge < -0.3 is 9.47 Å². The standard InChI is InChI=1S/C13H8N4O4/c18-12-10-11(16-13(19)17-12)14-4-7(15-10)6-1-2-8-9(3-6)21-5-20-8/h1-4H,5H2,(H2,14,16,17,18,19). The largest absolute Gasteiger partial charge is 0.454 e. The average Bonchev–Trinajstić information content (AvgIpc) is 2.94. The minimum Gasteiger partial charge on any atom is -0.454 e. The third-order valence-electron chi connectivity index (χ3n) is 3.11. The summed E-state index contributed by atoms with van der Waals surface area (Å²) in [5.74, 6) is 1.28. The first-order chi connectivity index (χ1) is 10.2. The lowest BCUT2D eigenvalue weighted by Gasteiger charge is -2.03. The lowest BCUT2D eigenvalue weighted by molar-refractivity contribution is 0.174. The van der Waals surface area contributed by atoms with Crippen LogP contribution in [0.5, 0.6) is 11.5 Å². The number of hydrogen-bond acceptors (Lipinski definition) is 6. The fourth-order valence-corrected chi connectivity index (χ4v) is 2.13. The van der Waals surface area contributed by atoms with Gasteiger partial charge in [-0.2, -0.15) is 0 Å². The molecule has 2 N–H and O–H groups in total. The van der Waals surface area contributed by atoms with Crippen molar-refractivity contribution in [1.82, 2.24) is 19.9 Å². The molecule has 4 rings (SSSR count). The Morgan fingerprint density at radius 2 is 1.95 bits per heavy atom. The maximum Gasteiger partial charge on any atom is 0.327 e. The molecule has 0 fully saturated rings. The first-order valence-electron chi connectivity index (χ1n) is 6.10. The van der Waals surface area contributed by atoms with Crippen molar-refractivity contribution in [3.8, 4) is 22.8 Å². The highest BCUT2D eigenvalue weighted by Crippen LogP contribution is 2.35. The van der Waals surface area contributed by atoms with Crippen molar-refractivity contribution >= 4 is 11.2 Å². The Hall–Kier alpha value is -3.16. The maximum absolute atomic E-state index is 11.7. The van der Waals surface area contributed by atoms with Crippen LogP contribution < -0.4 is 20.7 Å². The predicted molar refractivity (Wildman–Crippen MR) is 72.3 cm³/mol. The number of aromatic amines is 2. The van der Waals surface area contributed by atoms with Gasteiger partial charge in [-0.15, -0.1) is 0 Å². The summed E-state index contributed by atoms with van der Waals surface area (Å²) >= 11 is 0. The number of fused-ring (bicyclic) bond motifs is 2. The quantitative estimate of drug-likeness (QED) is 0.669. The Morgan fingerprint density at radius 3 is 2.86 bits per heavy atom. The van der Waals surface area contributed by atoms with Crippen LogP contribution in [0.3, 0.4) is 0 Å². The summed E-state index contributed by atoms with van der Waals surface area (Å²) in [4.78, 5) is 35.8. The molecule has 0 atom stereocenters. The van der Waals surface area contributed by atoms with Crippen LogP contribution in [-0.2, 0) is 0 Å². The topological polar surface area (TPSA) is 110 Å². The Kier molecular flexibility index (Phi) is 2.31. The van der Waals surface area contributed by atoms with Crippen LogP contribution in [0.15, 0.2) is 34.0 Å². The van der Waals surface area contributed by atoms with Gasteiger partial charge in [0.25, 0.3) is 5.56 Å². The molecule has 1 aromatic carbocycles.